The van der Waals surface area contributed by atoms with Crippen molar-refractivity contribution in [3.05, 3.63) is 24.0 Å². The maximum absolute atomic E-state index is 11.1. The first-order valence-electron chi connectivity index (χ1n) is 6.00. The van der Waals surface area contributed by atoms with Gasteiger partial charge in [0.1, 0.15) is 12.4 Å². The second-order valence-corrected chi connectivity index (χ2v) is 3.80. The molecule has 4 heteroatoms. The van der Waals surface area contributed by atoms with Gasteiger partial charge in [-0.25, -0.2) is 0 Å². The standard InChI is InChI=1S/C14H18N2O2/c1-3-6-14(17)15-9-4-5-10-18-13-8-7-12(2)16-11-13/h7-8,11H,3,6,9-10H2,1-2H3,(H,15,17). The van der Waals surface area contributed by atoms with Crippen molar-refractivity contribution < 1.29 is 9.53 Å². The number of nitrogens with zero attached hydrogens (tertiary/aromatic N) is 1. The van der Waals surface area contributed by atoms with Gasteiger partial charge >= 0.3 is 0 Å². The Morgan fingerprint density at radius 3 is 2.94 bits per heavy atom. The molecule has 0 spiro atoms. The van der Waals surface area contributed by atoms with Crippen LogP contribution in [0.4, 0.5) is 0 Å². The Bertz CT molecular complexity index is 429. The molecule has 0 aliphatic carbocycles. The van der Waals surface area contributed by atoms with Crippen LogP contribution >= 0.6 is 0 Å². The molecule has 1 aromatic heterocycles. The van der Waals surface area contributed by atoms with Crippen LogP contribution in [0.3, 0.4) is 0 Å². The summed E-state index contributed by atoms with van der Waals surface area (Å²) in [5.74, 6) is 6.40. The lowest BCUT2D eigenvalue weighted by molar-refractivity contribution is -0.120. The Labute approximate surface area is 108 Å². The molecule has 0 saturated heterocycles. The molecule has 18 heavy (non-hydrogen) atoms. The van der Waals surface area contributed by atoms with Crippen molar-refractivity contribution in [3.63, 3.8) is 0 Å². The van der Waals surface area contributed by atoms with E-state index in [1.807, 2.05) is 26.0 Å². The van der Waals surface area contributed by atoms with Crippen LogP contribution in [0.2, 0.25) is 0 Å². The lowest BCUT2D eigenvalue weighted by Gasteiger charge is -2.01. The summed E-state index contributed by atoms with van der Waals surface area (Å²) in [4.78, 5) is 15.2. The zero-order chi connectivity index (χ0) is 13.2. The molecule has 1 rings (SSSR count). The number of nitrogens with one attached hydrogen (secondary N) is 1. The highest BCUT2D eigenvalue weighted by atomic mass is 16.5. The number of hydrogen-bond donors (Lipinski definition) is 1. The van der Waals surface area contributed by atoms with E-state index in [4.69, 9.17) is 4.74 Å². The van der Waals surface area contributed by atoms with Crippen LogP contribution in [-0.2, 0) is 4.79 Å². The van der Waals surface area contributed by atoms with Crippen LogP contribution < -0.4 is 10.1 Å². The minimum Gasteiger partial charge on any atom is -0.479 e. The number of pyridine rings is 1. The summed E-state index contributed by atoms with van der Waals surface area (Å²) < 4.78 is 5.37. The van der Waals surface area contributed by atoms with Crippen molar-refractivity contribution in [2.24, 2.45) is 0 Å². The molecule has 0 fully saturated rings. The van der Waals surface area contributed by atoms with E-state index in [1.165, 1.54) is 0 Å². The van der Waals surface area contributed by atoms with Crippen LogP contribution in [0.1, 0.15) is 25.5 Å². The lowest BCUT2D eigenvalue weighted by Crippen LogP contribution is -2.22. The highest BCUT2D eigenvalue weighted by molar-refractivity contribution is 5.76. The van der Waals surface area contributed by atoms with Crippen LogP contribution in [0.25, 0.3) is 0 Å². The van der Waals surface area contributed by atoms with E-state index in [-0.39, 0.29) is 5.91 Å². The van der Waals surface area contributed by atoms with Crippen LogP contribution in [0.5, 0.6) is 5.75 Å². The van der Waals surface area contributed by atoms with Gasteiger partial charge in [-0.2, -0.15) is 0 Å². The summed E-state index contributed by atoms with van der Waals surface area (Å²) in [6.45, 7) is 4.56. The Hall–Kier alpha value is -2.02. The Morgan fingerprint density at radius 2 is 2.28 bits per heavy atom. The average Bonchev–Trinajstić information content (AvgIpc) is 2.36. The first-order valence-corrected chi connectivity index (χ1v) is 6.00. The van der Waals surface area contributed by atoms with E-state index in [0.29, 0.717) is 25.3 Å². The van der Waals surface area contributed by atoms with E-state index < -0.39 is 0 Å². The molecule has 0 aromatic carbocycles. The molecule has 0 atom stereocenters. The van der Waals surface area contributed by atoms with Crippen LogP contribution in [0, 0.1) is 18.8 Å². The Morgan fingerprint density at radius 1 is 1.44 bits per heavy atom. The monoisotopic (exact) mass is 246 g/mol. The number of carbonyl (C=O) groups is 1. The fourth-order valence-electron chi connectivity index (χ4n) is 1.23. The molecule has 1 amide bonds. The number of aromatic nitrogens is 1. The SMILES string of the molecule is CCCC(=O)NCC#CCOc1ccc(C)nc1. The van der Waals surface area contributed by atoms with Gasteiger partial charge in [-0.05, 0) is 25.5 Å². The number of aryl methyl sites for hydroxylation is 1. The summed E-state index contributed by atoms with van der Waals surface area (Å²) in [6.07, 6.45) is 3.07. The van der Waals surface area contributed by atoms with Crippen molar-refractivity contribution in [2.75, 3.05) is 13.2 Å². The summed E-state index contributed by atoms with van der Waals surface area (Å²) >= 11 is 0. The Kier molecular flexibility index (Phi) is 6.34. The summed E-state index contributed by atoms with van der Waals surface area (Å²) in [5.41, 5.74) is 0.951. The zero-order valence-electron chi connectivity index (χ0n) is 10.8. The van der Waals surface area contributed by atoms with Crippen molar-refractivity contribution in [3.8, 4) is 17.6 Å². The molecule has 0 unspecified atom stereocenters. The molecule has 0 aliphatic rings. The highest BCUT2D eigenvalue weighted by Gasteiger charge is 1.94. The second-order valence-electron chi connectivity index (χ2n) is 3.80. The molecule has 0 saturated carbocycles. The highest BCUT2D eigenvalue weighted by Crippen LogP contribution is 2.07. The van der Waals surface area contributed by atoms with E-state index >= 15 is 0 Å². The van der Waals surface area contributed by atoms with Crippen LogP contribution in [-0.4, -0.2) is 24.0 Å². The third-order valence-corrected chi connectivity index (χ3v) is 2.17. The molecule has 96 valence electrons. The minimum atomic E-state index is 0.0375. The largest absolute Gasteiger partial charge is 0.479 e. The van der Waals surface area contributed by atoms with Gasteiger partial charge in [0, 0.05) is 12.1 Å². The van der Waals surface area contributed by atoms with E-state index in [1.54, 1.807) is 6.20 Å². The van der Waals surface area contributed by atoms with Crippen molar-refractivity contribution >= 4 is 5.91 Å². The normalized spacial score (nSPS) is 9.22. The van der Waals surface area contributed by atoms with Gasteiger partial charge in [-0.3, -0.25) is 9.78 Å². The van der Waals surface area contributed by atoms with Gasteiger partial charge < -0.3 is 10.1 Å². The van der Waals surface area contributed by atoms with Gasteiger partial charge in [0.25, 0.3) is 0 Å². The number of amides is 1. The number of carbonyl (C=O) groups excluding carboxylic acids is 1. The molecular formula is C14H18N2O2. The van der Waals surface area contributed by atoms with Crippen molar-refractivity contribution in [2.45, 2.75) is 26.7 Å². The topological polar surface area (TPSA) is 51.2 Å². The predicted molar refractivity (Wildman–Crippen MR) is 70.2 cm³/mol. The average molecular weight is 246 g/mol. The van der Waals surface area contributed by atoms with Gasteiger partial charge in [0.05, 0.1) is 12.7 Å². The maximum atomic E-state index is 11.1. The van der Waals surface area contributed by atoms with E-state index in [9.17, 15) is 4.79 Å². The van der Waals surface area contributed by atoms with Crippen LogP contribution in [0.15, 0.2) is 18.3 Å². The van der Waals surface area contributed by atoms with Gasteiger partial charge in [-0.1, -0.05) is 18.8 Å². The number of rotatable bonds is 5. The fraction of sp³-hybridized carbons (Fsp3) is 0.429. The molecule has 1 aromatic rings. The fourth-order valence-corrected chi connectivity index (χ4v) is 1.23. The van der Waals surface area contributed by atoms with Gasteiger partial charge in [-0.15, -0.1) is 0 Å². The smallest absolute Gasteiger partial charge is 0.220 e. The summed E-state index contributed by atoms with van der Waals surface area (Å²) in [7, 11) is 0. The quantitative estimate of drug-likeness (QED) is 0.804. The Balaban J connectivity index is 2.18. The molecule has 0 radical (unpaired) electrons. The van der Waals surface area contributed by atoms with Gasteiger partial charge in [0.15, 0.2) is 0 Å². The third-order valence-electron chi connectivity index (χ3n) is 2.17. The number of hydrogen-bond acceptors (Lipinski definition) is 3. The van der Waals surface area contributed by atoms with E-state index in [2.05, 4.69) is 22.1 Å². The minimum absolute atomic E-state index is 0.0375. The summed E-state index contributed by atoms with van der Waals surface area (Å²) in [5, 5.41) is 2.71. The third kappa shape index (κ3) is 5.90. The van der Waals surface area contributed by atoms with E-state index in [0.717, 1.165) is 12.1 Å². The first kappa shape index (κ1) is 14.0. The molecule has 4 nitrogen and oxygen atoms in total. The summed E-state index contributed by atoms with van der Waals surface area (Å²) in [6, 6.07) is 3.74. The maximum Gasteiger partial charge on any atom is 0.220 e. The lowest BCUT2D eigenvalue weighted by atomic mass is 10.3. The molecule has 0 bridgehead atoms. The van der Waals surface area contributed by atoms with Crippen molar-refractivity contribution in [1.29, 1.82) is 0 Å². The zero-order valence-corrected chi connectivity index (χ0v) is 10.8. The molecule has 1 N–H and O–H groups in total. The predicted octanol–water partition coefficient (Wildman–Crippen LogP) is 1.69. The number of ether oxygens (including phenoxy) is 1. The second kappa shape index (κ2) is 8.13. The molecule has 0 aliphatic heterocycles. The van der Waals surface area contributed by atoms with Gasteiger partial charge in [0.2, 0.25) is 5.91 Å². The van der Waals surface area contributed by atoms with Crippen molar-refractivity contribution in [1.82, 2.24) is 10.3 Å². The first-order chi connectivity index (χ1) is 8.72. The molecular weight excluding hydrogens is 228 g/mol. The molecule has 1 heterocycles.